The fourth-order valence-electron chi connectivity index (χ4n) is 0.948. The second-order valence-electron chi connectivity index (χ2n) is 2.84. The fourth-order valence-corrected chi connectivity index (χ4v) is 0.948. The molecule has 7 heteroatoms. The molecule has 0 unspecified atom stereocenters. The van der Waals surface area contributed by atoms with Gasteiger partial charge in [-0.15, -0.1) is 0 Å². The van der Waals surface area contributed by atoms with E-state index >= 15 is 0 Å². The van der Waals surface area contributed by atoms with Gasteiger partial charge in [0.2, 0.25) is 0 Å². The van der Waals surface area contributed by atoms with Gasteiger partial charge in [0.05, 0.1) is 19.7 Å². The molecule has 0 radical (unpaired) electrons. The summed E-state index contributed by atoms with van der Waals surface area (Å²) in [5, 5.41) is 17.1. The fraction of sp³-hybridized carbons (Fsp3) is 0.750. The van der Waals surface area contributed by atoms with Crippen LogP contribution in [0.3, 0.4) is 0 Å². The third kappa shape index (κ3) is 7.86. The number of aliphatic carboxylic acids is 1. The van der Waals surface area contributed by atoms with E-state index in [1.165, 1.54) is 4.90 Å². The van der Waals surface area contributed by atoms with E-state index in [0.29, 0.717) is 0 Å². The monoisotopic (exact) mass is 220 g/mol. The molecule has 0 aliphatic rings. The van der Waals surface area contributed by atoms with Crippen LogP contribution in [0.5, 0.6) is 0 Å². The van der Waals surface area contributed by atoms with E-state index in [9.17, 15) is 9.59 Å². The SMILES string of the molecule is NCCOC(=O)CN(CCO)CC(=O)O. The summed E-state index contributed by atoms with van der Waals surface area (Å²) in [6.45, 7) is -0.226. The summed E-state index contributed by atoms with van der Waals surface area (Å²) in [7, 11) is 0. The standard InChI is InChI=1S/C8H16N2O5/c9-1-4-15-8(14)6-10(2-3-11)5-7(12)13/h11H,1-6,9H2,(H,12,13). The van der Waals surface area contributed by atoms with Crippen molar-refractivity contribution in [3.63, 3.8) is 0 Å². The van der Waals surface area contributed by atoms with Crippen LogP contribution in [0.2, 0.25) is 0 Å². The van der Waals surface area contributed by atoms with E-state index in [0.717, 1.165) is 0 Å². The average Bonchev–Trinajstić information content (AvgIpc) is 2.14. The smallest absolute Gasteiger partial charge is 0.320 e. The third-order valence-corrected chi connectivity index (χ3v) is 1.51. The van der Waals surface area contributed by atoms with Gasteiger partial charge in [0.15, 0.2) is 0 Å². The number of hydrogen-bond acceptors (Lipinski definition) is 6. The van der Waals surface area contributed by atoms with Crippen LogP contribution in [0, 0.1) is 0 Å². The molecule has 0 rings (SSSR count). The Bertz CT molecular complexity index is 209. The van der Waals surface area contributed by atoms with Gasteiger partial charge >= 0.3 is 11.9 Å². The van der Waals surface area contributed by atoms with E-state index in [4.69, 9.17) is 15.9 Å². The van der Waals surface area contributed by atoms with E-state index in [1.54, 1.807) is 0 Å². The van der Waals surface area contributed by atoms with Crippen LogP contribution in [-0.2, 0) is 14.3 Å². The van der Waals surface area contributed by atoms with E-state index in [-0.39, 0.29) is 39.4 Å². The molecular weight excluding hydrogens is 204 g/mol. The van der Waals surface area contributed by atoms with Crippen LogP contribution in [0.4, 0.5) is 0 Å². The first-order valence-corrected chi connectivity index (χ1v) is 4.50. The van der Waals surface area contributed by atoms with Crippen molar-refractivity contribution in [1.82, 2.24) is 4.90 Å². The van der Waals surface area contributed by atoms with Gasteiger partial charge in [-0.3, -0.25) is 14.5 Å². The highest BCUT2D eigenvalue weighted by Crippen LogP contribution is 1.90. The predicted molar refractivity (Wildman–Crippen MR) is 51.2 cm³/mol. The topological polar surface area (TPSA) is 113 Å². The molecule has 0 aliphatic carbocycles. The molecule has 4 N–H and O–H groups in total. The summed E-state index contributed by atoms with van der Waals surface area (Å²) in [6, 6.07) is 0. The lowest BCUT2D eigenvalue weighted by Gasteiger charge is -2.17. The number of hydrogen-bond donors (Lipinski definition) is 3. The highest BCUT2D eigenvalue weighted by Gasteiger charge is 2.13. The lowest BCUT2D eigenvalue weighted by atomic mass is 10.4. The van der Waals surface area contributed by atoms with E-state index in [1.807, 2.05) is 0 Å². The minimum absolute atomic E-state index is 0.110. The number of ether oxygens (including phenoxy) is 1. The van der Waals surface area contributed by atoms with Crippen molar-refractivity contribution in [2.75, 3.05) is 39.4 Å². The number of carbonyl (C=O) groups excluding carboxylic acids is 1. The molecule has 0 atom stereocenters. The largest absolute Gasteiger partial charge is 0.480 e. The van der Waals surface area contributed by atoms with Crippen molar-refractivity contribution >= 4 is 11.9 Å². The molecule has 0 aliphatic heterocycles. The van der Waals surface area contributed by atoms with Gasteiger partial charge in [-0.1, -0.05) is 0 Å². The Morgan fingerprint density at radius 1 is 1.33 bits per heavy atom. The number of nitrogens with zero attached hydrogens (tertiary/aromatic N) is 1. The zero-order chi connectivity index (χ0) is 11.7. The summed E-state index contributed by atoms with van der Waals surface area (Å²) in [5.41, 5.74) is 5.12. The number of carbonyl (C=O) groups is 2. The molecule has 0 spiro atoms. The van der Waals surface area contributed by atoms with E-state index in [2.05, 4.69) is 4.74 Å². The molecule has 0 aromatic carbocycles. The summed E-state index contributed by atoms with van der Waals surface area (Å²) < 4.78 is 4.67. The molecule has 0 fully saturated rings. The van der Waals surface area contributed by atoms with Crippen molar-refractivity contribution < 1.29 is 24.5 Å². The van der Waals surface area contributed by atoms with Gasteiger partial charge in [0.1, 0.15) is 6.61 Å². The van der Waals surface area contributed by atoms with Crippen LogP contribution in [0.1, 0.15) is 0 Å². The molecule has 0 bridgehead atoms. The highest BCUT2D eigenvalue weighted by molar-refractivity contribution is 5.74. The third-order valence-electron chi connectivity index (χ3n) is 1.51. The van der Waals surface area contributed by atoms with Crippen molar-refractivity contribution in [3.05, 3.63) is 0 Å². The zero-order valence-corrected chi connectivity index (χ0v) is 8.39. The summed E-state index contributed by atoms with van der Waals surface area (Å²) in [5.74, 6) is -1.61. The number of carboxylic acid groups (broad SMARTS) is 1. The minimum Gasteiger partial charge on any atom is -0.480 e. The average molecular weight is 220 g/mol. The molecule has 15 heavy (non-hydrogen) atoms. The van der Waals surface area contributed by atoms with Crippen molar-refractivity contribution in [2.45, 2.75) is 0 Å². The maximum atomic E-state index is 11.1. The normalized spacial score (nSPS) is 10.3. The molecule has 0 saturated carbocycles. The van der Waals surface area contributed by atoms with Crippen LogP contribution in [0.25, 0.3) is 0 Å². The van der Waals surface area contributed by atoms with Crippen molar-refractivity contribution in [1.29, 1.82) is 0 Å². The van der Waals surface area contributed by atoms with Gasteiger partial charge < -0.3 is 20.7 Å². The maximum absolute atomic E-state index is 11.1. The van der Waals surface area contributed by atoms with Gasteiger partial charge in [-0.05, 0) is 0 Å². The van der Waals surface area contributed by atoms with Gasteiger partial charge in [-0.2, -0.15) is 0 Å². The summed E-state index contributed by atoms with van der Waals surface area (Å²) in [6.07, 6.45) is 0. The van der Waals surface area contributed by atoms with Gasteiger partial charge in [-0.25, -0.2) is 0 Å². The Labute approximate surface area is 87.4 Å². The van der Waals surface area contributed by atoms with Crippen LogP contribution in [-0.4, -0.2) is 66.4 Å². The minimum atomic E-state index is -1.06. The van der Waals surface area contributed by atoms with Gasteiger partial charge in [0.25, 0.3) is 0 Å². The molecule has 0 aromatic heterocycles. The predicted octanol–water partition coefficient (Wildman–Crippen LogP) is -2.13. The van der Waals surface area contributed by atoms with Gasteiger partial charge in [0, 0.05) is 13.1 Å². The zero-order valence-electron chi connectivity index (χ0n) is 8.39. The van der Waals surface area contributed by atoms with Crippen LogP contribution >= 0.6 is 0 Å². The number of rotatable bonds is 8. The second kappa shape index (κ2) is 8.16. The highest BCUT2D eigenvalue weighted by atomic mass is 16.5. The lowest BCUT2D eigenvalue weighted by molar-refractivity contribution is -0.146. The van der Waals surface area contributed by atoms with Crippen LogP contribution < -0.4 is 5.73 Å². The first-order chi connectivity index (χ1) is 7.10. The molecule has 88 valence electrons. The summed E-state index contributed by atoms with van der Waals surface area (Å²) >= 11 is 0. The number of aliphatic hydroxyl groups is 1. The number of aliphatic hydroxyl groups excluding tert-OH is 1. The quantitative estimate of drug-likeness (QED) is 0.400. The number of esters is 1. The molecular formula is C8H16N2O5. The van der Waals surface area contributed by atoms with Crippen molar-refractivity contribution in [2.24, 2.45) is 5.73 Å². The van der Waals surface area contributed by atoms with Crippen LogP contribution in [0.15, 0.2) is 0 Å². The Balaban J connectivity index is 3.92. The number of nitrogens with two attached hydrogens (primary N) is 1. The Hall–Kier alpha value is -1.18. The molecule has 0 amide bonds. The Morgan fingerprint density at radius 3 is 2.47 bits per heavy atom. The lowest BCUT2D eigenvalue weighted by Crippen LogP contribution is -2.37. The number of carboxylic acids is 1. The first-order valence-electron chi connectivity index (χ1n) is 4.50. The van der Waals surface area contributed by atoms with Crippen molar-refractivity contribution in [3.8, 4) is 0 Å². The molecule has 7 nitrogen and oxygen atoms in total. The molecule has 0 aromatic rings. The molecule has 0 saturated heterocycles. The maximum Gasteiger partial charge on any atom is 0.320 e. The summed E-state index contributed by atoms with van der Waals surface area (Å²) in [4.78, 5) is 22.7. The second-order valence-corrected chi connectivity index (χ2v) is 2.84. The molecule has 0 heterocycles. The first kappa shape index (κ1) is 13.8. The Kier molecular flexibility index (Phi) is 7.51. The van der Waals surface area contributed by atoms with E-state index < -0.39 is 11.9 Å². The Morgan fingerprint density at radius 2 is 2.00 bits per heavy atom.